The number of carbonyl (C=O) groups is 2. The number of methoxy groups -OCH3 is 2. The smallest absolute Gasteiger partial charge is 0.264 e. The summed E-state index contributed by atoms with van der Waals surface area (Å²) in [6, 6.07) is 14.4. The van der Waals surface area contributed by atoms with Crippen molar-refractivity contribution in [3.05, 3.63) is 76.3 Å². The molecular weight excluding hydrogens is 617 g/mol. The van der Waals surface area contributed by atoms with Crippen LogP contribution in [0.1, 0.15) is 25.8 Å². The van der Waals surface area contributed by atoms with Gasteiger partial charge in [-0.25, -0.2) is 8.42 Å². The summed E-state index contributed by atoms with van der Waals surface area (Å²) in [6.45, 7) is 3.33. The number of nitrogens with one attached hydrogen (secondary N) is 1. The molecule has 0 aromatic heterocycles. The maximum atomic E-state index is 14.2. The number of halogens is 2. The van der Waals surface area contributed by atoms with E-state index >= 15 is 0 Å². The van der Waals surface area contributed by atoms with Gasteiger partial charge in [0.15, 0.2) is 11.5 Å². The van der Waals surface area contributed by atoms with E-state index in [9.17, 15) is 18.0 Å². The van der Waals surface area contributed by atoms with Gasteiger partial charge < -0.3 is 24.4 Å². The molecule has 232 valence electrons. The molecule has 3 aromatic carbocycles. The number of benzene rings is 3. The molecular formula is C30H35Cl2N3O7S. The zero-order valence-corrected chi connectivity index (χ0v) is 26.9. The Bertz CT molecular complexity index is 1540. The first-order valence-corrected chi connectivity index (χ1v) is 15.6. The Balaban J connectivity index is 2.12. The molecule has 1 N–H and O–H groups in total. The molecule has 0 unspecified atom stereocenters. The van der Waals surface area contributed by atoms with E-state index in [1.165, 1.54) is 50.4 Å². The molecule has 43 heavy (non-hydrogen) atoms. The SMILES string of the molecule is CCOc1ccc(N(CC(=O)N(Cc2ccc(Cl)cc2Cl)[C@@H](CC)C(=O)NC)S(=O)(=O)c2ccc(OC)c(OC)c2)cc1. The highest BCUT2D eigenvalue weighted by Gasteiger charge is 2.34. The lowest BCUT2D eigenvalue weighted by Gasteiger charge is -2.33. The highest BCUT2D eigenvalue weighted by atomic mass is 35.5. The normalized spacial score (nSPS) is 11.8. The lowest BCUT2D eigenvalue weighted by Crippen LogP contribution is -2.51. The Labute approximate surface area is 262 Å². The summed E-state index contributed by atoms with van der Waals surface area (Å²) < 4.78 is 45.4. The summed E-state index contributed by atoms with van der Waals surface area (Å²) in [5, 5.41) is 3.30. The predicted octanol–water partition coefficient (Wildman–Crippen LogP) is 5.16. The van der Waals surface area contributed by atoms with E-state index in [2.05, 4.69) is 5.32 Å². The molecule has 0 heterocycles. The molecule has 10 nitrogen and oxygen atoms in total. The molecule has 0 bridgehead atoms. The number of sulfonamides is 1. The largest absolute Gasteiger partial charge is 0.494 e. The second-order valence-corrected chi connectivity index (χ2v) is 12.0. The number of likely N-dealkylation sites (N-methyl/N-ethyl adjacent to an activating group) is 1. The van der Waals surface area contributed by atoms with Gasteiger partial charge >= 0.3 is 0 Å². The Kier molecular flexibility index (Phi) is 11.9. The van der Waals surface area contributed by atoms with Crippen LogP contribution in [0.3, 0.4) is 0 Å². The van der Waals surface area contributed by atoms with Crippen LogP contribution in [0.15, 0.2) is 65.6 Å². The van der Waals surface area contributed by atoms with E-state index in [4.69, 9.17) is 37.4 Å². The molecule has 0 aliphatic carbocycles. The number of carbonyl (C=O) groups excluding carboxylic acids is 2. The molecule has 0 aliphatic heterocycles. The molecule has 0 radical (unpaired) electrons. The van der Waals surface area contributed by atoms with Gasteiger partial charge in [0, 0.05) is 29.7 Å². The van der Waals surface area contributed by atoms with Crippen LogP contribution < -0.4 is 23.8 Å². The average Bonchev–Trinajstić information content (AvgIpc) is 3.00. The zero-order valence-electron chi connectivity index (χ0n) is 24.6. The molecule has 13 heteroatoms. The standard InChI is InChI=1S/C30H35Cl2N3O7S/c1-6-26(30(37)33-3)34(18-20-8-9-21(31)16-25(20)32)29(36)19-35(22-10-12-23(13-11-22)42-7-2)43(38,39)24-14-15-27(40-4)28(17-24)41-5/h8-17,26H,6-7,18-19H2,1-5H3,(H,33,37)/t26-/m0/s1. The summed E-state index contributed by atoms with van der Waals surface area (Å²) in [5.74, 6) is 0.0418. The van der Waals surface area contributed by atoms with Crippen molar-refractivity contribution in [2.24, 2.45) is 0 Å². The van der Waals surface area contributed by atoms with Crippen molar-refractivity contribution in [2.75, 3.05) is 38.7 Å². The van der Waals surface area contributed by atoms with Crippen molar-refractivity contribution in [3.63, 3.8) is 0 Å². The number of anilines is 1. The molecule has 1 atom stereocenters. The Morgan fingerprint density at radius 2 is 1.60 bits per heavy atom. The number of rotatable bonds is 14. The minimum Gasteiger partial charge on any atom is -0.494 e. The average molecular weight is 653 g/mol. The molecule has 2 amide bonds. The Morgan fingerprint density at radius 1 is 0.930 bits per heavy atom. The molecule has 0 aliphatic rings. The highest BCUT2D eigenvalue weighted by molar-refractivity contribution is 7.92. The Morgan fingerprint density at radius 3 is 2.16 bits per heavy atom. The maximum Gasteiger partial charge on any atom is 0.264 e. The third kappa shape index (κ3) is 8.04. The summed E-state index contributed by atoms with van der Waals surface area (Å²) in [6.07, 6.45) is 0.266. The molecule has 3 rings (SSSR count). The van der Waals surface area contributed by atoms with Crippen molar-refractivity contribution < 1.29 is 32.2 Å². The van der Waals surface area contributed by atoms with Crippen LogP contribution in [-0.4, -0.2) is 65.6 Å². The number of hydrogen-bond donors (Lipinski definition) is 1. The van der Waals surface area contributed by atoms with E-state index in [1.807, 2.05) is 6.92 Å². The first-order chi connectivity index (χ1) is 20.5. The van der Waals surface area contributed by atoms with Crippen LogP contribution in [0.25, 0.3) is 0 Å². The topological polar surface area (TPSA) is 114 Å². The van der Waals surface area contributed by atoms with E-state index in [0.29, 0.717) is 33.7 Å². The number of ether oxygens (including phenoxy) is 3. The fourth-order valence-electron chi connectivity index (χ4n) is 4.43. The van der Waals surface area contributed by atoms with Gasteiger partial charge in [0.25, 0.3) is 10.0 Å². The van der Waals surface area contributed by atoms with Crippen LogP contribution in [0, 0.1) is 0 Å². The molecule has 0 saturated carbocycles. The van der Waals surface area contributed by atoms with Crippen molar-refractivity contribution in [1.82, 2.24) is 10.2 Å². The number of nitrogens with zero attached hydrogens (tertiary/aromatic N) is 2. The van der Waals surface area contributed by atoms with Crippen LogP contribution in [-0.2, 0) is 26.2 Å². The fourth-order valence-corrected chi connectivity index (χ4v) is 6.33. The van der Waals surface area contributed by atoms with Gasteiger partial charge in [-0.3, -0.25) is 13.9 Å². The summed E-state index contributed by atoms with van der Waals surface area (Å²) in [7, 11) is -0.0421. The van der Waals surface area contributed by atoms with Gasteiger partial charge in [0.2, 0.25) is 11.8 Å². The first kappa shape index (κ1) is 33.8. The quantitative estimate of drug-likeness (QED) is 0.256. The van der Waals surface area contributed by atoms with E-state index in [0.717, 1.165) is 4.31 Å². The molecule has 0 spiro atoms. The lowest BCUT2D eigenvalue weighted by atomic mass is 10.1. The highest BCUT2D eigenvalue weighted by Crippen LogP contribution is 2.33. The third-order valence-electron chi connectivity index (χ3n) is 6.65. The maximum absolute atomic E-state index is 14.2. The summed E-state index contributed by atoms with van der Waals surface area (Å²) in [5.41, 5.74) is 0.751. The zero-order chi connectivity index (χ0) is 31.7. The summed E-state index contributed by atoms with van der Waals surface area (Å²) in [4.78, 5) is 28.2. The number of hydrogen-bond acceptors (Lipinski definition) is 7. The predicted molar refractivity (Wildman–Crippen MR) is 167 cm³/mol. The monoisotopic (exact) mass is 651 g/mol. The van der Waals surface area contributed by atoms with E-state index in [-0.39, 0.29) is 29.3 Å². The van der Waals surface area contributed by atoms with Gasteiger partial charge in [-0.2, -0.15) is 0 Å². The van der Waals surface area contributed by atoms with E-state index < -0.39 is 34.4 Å². The van der Waals surface area contributed by atoms with Crippen LogP contribution in [0.2, 0.25) is 10.0 Å². The van der Waals surface area contributed by atoms with Crippen LogP contribution >= 0.6 is 23.2 Å². The third-order valence-corrected chi connectivity index (χ3v) is 9.00. The van der Waals surface area contributed by atoms with Crippen molar-refractivity contribution in [2.45, 2.75) is 37.8 Å². The first-order valence-electron chi connectivity index (χ1n) is 13.4. The van der Waals surface area contributed by atoms with Gasteiger partial charge in [-0.1, -0.05) is 36.2 Å². The van der Waals surface area contributed by atoms with Gasteiger partial charge in [0.1, 0.15) is 18.3 Å². The minimum atomic E-state index is -4.34. The van der Waals surface area contributed by atoms with Gasteiger partial charge in [0.05, 0.1) is 31.4 Å². The number of amides is 2. The summed E-state index contributed by atoms with van der Waals surface area (Å²) >= 11 is 12.5. The van der Waals surface area contributed by atoms with Crippen molar-refractivity contribution in [1.29, 1.82) is 0 Å². The van der Waals surface area contributed by atoms with E-state index in [1.54, 1.807) is 43.3 Å². The fraction of sp³-hybridized carbons (Fsp3) is 0.333. The van der Waals surface area contributed by atoms with Crippen LogP contribution in [0.5, 0.6) is 17.2 Å². The van der Waals surface area contributed by atoms with Gasteiger partial charge in [-0.05, 0) is 67.4 Å². The Hall–Kier alpha value is -3.67. The van der Waals surface area contributed by atoms with Gasteiger partial charge in [-0.15, -0.1) is 0 Å². The minimum absolute atomic E-state index is 0.0612. The lowest BCUT2D eigenvalue weighted by molar-refractivity contribution is -0.140. The molecule has 0 saturated heterocycles. The molecule has 3 aromatic rings. The second-order valence-electron chi connectivity index (χ2n) is 9.25. The van der Waals surface area contributed by atoms with Crippen molar-refractivity contribution >= 4 is 50.7 Å². The second kappa shape index (κ2) is 15.2. The molecule has 0 fully saturated rings. The van der Waals surface area contributed by atoms with Crippen LogP contribution in [0.4, 0.5) is 5.69 Å². The van der Waals surface area contributed by atoms with Crippen molar-refractivity contribution in [3.8, 4) is 17.2 Å².